The van der Waals surface area contributed by atoms with Gasteiger partial charge >= 0.3 is 0 Å². The van der Waals surface area contributed by atoms with Crippen molar-refractivity contribution >= 4 is 31.5 Å². The van der Waals surface area contributed by atoms with Gasteiger partial charge in [0.15, 0.2) is 0 Å². The third-order valence-corrected chi connectivity index (χ3v) is 5.35. The lowest BCUT2D eigenvalue weighted by molar-refractivity contribution is 0.0539. The molecule has 0 amide bonds. The highest BCUT2D eigenvalue weighted by Crippen LogP contribution is 2.39. The highest BCUT2D eigenvalue weighted by atomic mass is 32.1. The maximum atomic E-state index is 10.0. The van der Waals surface area contributed by atoms with Crippen molar-refractivity contribution in [2.24, 2.45) is 0 Å². The first kappa shape index (κ1) is 15.3. The van der Waals surface area contributed by atoms with E-state index >= 15 is 0 Å². The zero-order valence-electron chi connectivity index (χ0n) is 13.3. The maximum absolute atomic E-state index is 10.0. The first-order valence-electron chi connectivity index (χ1n) is 7.86. The number of hydrogen-bond donors (Lipinski definition) is 1. The Morgan fingerprint density at radius 1 is 1.17 bits per heavy atom. The third kappa shape index (κ3) is 2.60. The van der Waals surface area contributed by atoms with Crippen LogP contribution in [0.25, 0.3) is 31.6 Å². The molecule has 2 heterocycles. The van der Waals surface area contributed by atoms with Crippen LogP contribution in [-0.4, -0.2) is 34.5 Å². The number of fused-ring (bicyclic) bond motifs is 3. The van der Waals surface area contributed by atoms with Gasteiger partial charge in [-0.1, -0.05) is 30.3 Å². The summed E-state index contributed by atoms with van der Waals surface area (Å²) in [6.07, 6.45) is 3.13. The van der Waals surface area contributed by atoms with E-state index in [-0.39, 0.29) is 0 Å². The minimum atomic E-state index is -0.551. The Kier molecular flexibility index (Phi) is 4.06. The van der Waals surface area contributed by atoms with E-state index < -0.39 is 6.10 Å². The van der Waals surface area contributed by atoms with E-state index in [1.165, 1.54) is 20.2 Å². The Morgan fingerprint density at radius 2 is 2.00 bits per heavy atom. The average molecular weight is 338 g/mol. The van der Waals surface area contributed by atoms with Gasteiger partial charge in [0.2, 0.25) is 0 Å². The molecule has 2 aromatic carbocycles. The maximum Gasteiger partial charge on any atom is 0.141 e. The summed E-state index contributed by atoms with van der Waals surface area (Å²) in [5, 5.41) is 12.6. The van der Waals surface area contributed by atoms with Gasteiger partial charge in [0.25, 0.3) is 0 Å². The van der Waals surface area contributed by atoms with Gasteiger partial charge in [-0.15, -0.1) is 11.3 Å². The molecule has 5 heteroatoms. The van der Waals surface area contributed by atoms with Gasteiger partial charge in [0.05, 0.1) is 19.3 Å². The molecule has 1 N–H and O–H groups in total. The summed E-state index contributed by atoms with van der Waals surface area (Å²) in [4.78, 5) is 4.54. The van der Waals surface area contributed by atoms with Crippen LogP contribution in [0.1, 0.15) is 0 Å². The first-order valence-corrected chi connectivity index (χ1v) is 8.68. The smallest absolute Gasteiger partial charge is 0.141 e. The third-order valence-electron chi connectivity index (χ3n) is 4.13. The SMILES string of the molecule is COC[C@H](O)Cn1ccnc1-c1cccc2c1sc1ccccc12. The number of rotatable bonds is 5. The van der Waals surface area contributed by atoms with Crippen molar-refractivity contribution in [3.63, 3.8) is 0 Å². The van der Waals surface area contributed by atoms with E-state index in [9.17, 15) is 5.11 Å². The Hall–Kier alpha value is -2.21. The van der Waals surface area contributed by atoms with Crippen molar-refractivity contribution in [2.75, 3.05) is 13.7 Å². The average Bonchev–Trinajstić information content (AvgIpc) is 3.19. The molecule has 0 spiro atoms. The Labute approximate surface area is 143 Å². The number of aromatic nitrogens is 2. The van der Waals surface area contributed by atoms with Gasteiger partial charge in [-0.3, -0.25) is 0 Å². The molecule has 0 radical (unpaired) electrons. The van der Waals surface area contributed by atoms with Crippen LogP contribution >= 0.6 is 11.3 Å². The summed E-state index contributed by atoms with van der Waals surface area (Å²) in [5.41, 5.74) is 1.10. The second-order valence-corrected chi connectivity index (χ2v) is 6.85. The number of aliphatic hydroxyl groups is 1. The molecular formula is C19H18N2O2S. The fraction of sp³-hybridized carbons (Fsp3) is 0.211. The van der Waals surface area contributed by atoms with E-state index in [1.54, 1.807) is 24.6 Å². The van der Waals surface area contributed by atoms with Gasteiger partial charge < -0.3 is 14.4 Å². The number of aliphatic hydroxyl groups excluding tert-OH is 1. The molecule has 2 aromatic heterocycles. The fourth-order valence-electron chi connectivity index (χ4n) is 3.10. The summed E-state index contributed by atoms with van der Waals surface area (Å²) in [7, 11) is 1.59. The first-order chi connectivity index (χ1) is 11.8. The Bertz CT molecular complexity index is 989. The molecule has 0 unspecified atom stereocenters. The Balaban J connectivity index is 1.84. The molecule has 0 bridgehead atoms. The molecule has 4 nitrogen and oxygen atoms in total. The van der Waals surface area contributed by atoms with Crippen LogP contribution in [0.5, 0.6) is 0 Å². The molecule has 4 rings (SSSR count). The molecule has 1 atom stereocenters. The van der Waals surface area contributed by atoms with Crippen LogP contribution < -0.4 is 0 Å². The molecule has 0 saturated heterocycles. The summed E-state index contributed by atoms with van der Waals surface area (Å²) >= 11 is 1.78. The molecule has 0 aliphatic heterocycles. The fourth-order valence-corrected chi connectivity index (χ4v) is 4.31. The second kappa shape index (κ2) is 6.36. The minimum Gasteiger partial charge on any atom is -0.389 e. The molecule has 24 heavy (non-hydrogen) atoms. The number of benzene rings is 2. The molecule has 0 aliphatic carbocycles. The summed E-state index contributed by atoms with van der Waals surface area (Å²) < 4.78 is 9.52. The van der Waals surface area contributed by atoms with Crippen molar-refractivity contribution in [1.29, 1.82) is 0 Å². The minimum absolute atomic E-state index is 0.310. The van der Waals surface area contributed by atoms with Gasteiger partial charge in [-0.25, -0.2) is 4.98 Å². The predicted octanol–water partition coefficient (Wildman–Crippen LogP) is 3.93. The van der Waals surface area contributed by atoms with Crippen LogP contribution in [0.15, 0.2) is 54.9 Å². The summed E-state index contributed by atoms with van der Waals surface area (Å²) in [6, 6.07) is 14.8. The number of imidazole rings is 1. The van der Waals surface area contributed by atoms with Gasteiger partial charge in [0.1, 0.15) is 5.82 Å². The van der Waals surface area contributed by atoms with Crippen LogP contribution in [-0.2, 0) is 11.3 Å². The van der Waals surface area contributed by atoms with Crippen molar-refractivity contribution < 1.29 is 9.84 Å². The molecular weight excluding hydrogens is 320 g/mol. The molecule has 0 fully saturated rings. The van der Waals surface area contributed by atoms with E-state index in [0.29, 0.717) is 13.2 Å². The van der Waals surface area contributed by atoms with Crippen molar-refractivity contribution in [3.05, 3.63) is 54.9 Å². The quantitative estimate of drug-likeness (QED) is 0.600. The van der Waals surface area contributed by atoms with Crippen molar-refractivity contribution in [2.45, 2.75) is 12.6 Å². The second-order valence-electron chi connectivity index (χ2n) is 5.79. The van der Waals surface area contributed by atoms with Crippen LogP contribution in [0, 0.1) is 0 Å². The predicted molar refractivity (Wildman–Crippen MR) is 98.4 cm³/mol. The Morgan fingerprint density at radius 3 is 2.88 bits per heavy atom. The number of methoxy groups -OCH3 is 1. The van der Waals surface area contributed by atoms with E-state index in [1.807, 2.05) is 10.8 Å². The number of thiophene rings is 1. The molecule has 0 aliphatic rings. The summed E-state index contributed by atoms with van der Waals surface area (Å²) in [5.74, 6) is 0.877. The van der Waals surface area contributed by atoms with Gasteiger partial charge in [-0.05, 0) is 12.1 Å². The number of ether oxygens (including phenoxy) is 1. The van der Waals surface area contributed by atoms with E-state index in [2.05, 4.69) is 47.4 Å². The van der Waals surface area contributed by atoms with Crippen LogP contribution in [0.2, 0.25) is 0 Å². The molecule has 0 saturated carbocycles. The summed E-state index contributed by atoms with van der Waals surface area (Å²) in [6.45, 7) is 0.773. The van der Waals surface area contributed by atoms with Crippen molar-refractivity contribution in [1.82, 2.24) is 9.55 Å². The van der Waals surface area contributed by atoms with Gasteiger partial charge in [0, 0.05) is 45.2 Å². The van der Waals surface area contributed by atoms with Crippen LogP contribution in [0.4, 0.5) is 0 Å². The standard InChI is InChI=1S/C19H18N2O2S/c1-23-12-13(22)11-21-10-9-20-19(21)16-7-4-6-15-14-5-2-3-8-17(14)24-18(15)16/h2-10,13,22H,11-12H2,1H3/t13-/m1/s1. The monoisotopic (exact) mass is 338 g/mol. The lowest BCUT2D eigenvalue weighted by atomic mass is 10.1. The highest BCUT2D eigenvalue weighted by molar-refractivity contribution is 7.26. The molecule has 122 valence electrons. The zero-order chi connectivity index (χ0) is 16.5. The lowest BCUT2D eigenvalue weighted by Crippen LogP contribution is -2.21. The van der Waals surface area contributed by atoms with Crippen molar-refractivity contribution in [3.8, 4) is 11.4 Å². The van der Waals surface area contributed by atoms with E-state index in [0.717, 1.165) is 11.4 Å². The largest absolute Gasteiger partial charge is 0.389 e. The van der Waals surface area contributed by atoms with E-state index in [4.69, 9.17) is 4.74 Å². The number of nitrogens with zero attached hydrogens (tertiary/aromatic N) is 2. The topological polar surface area (TPSA) is 47.3 Å². The highest BCUT2D eigenvalue weighted by Gasteiger charge is 2.15. The number of hydrogen-bond acceptors (Lipinski definition) is 4. The lowest BCUT2D eigenvalue weighted by Gasteiger charge is -2.13. The zero-order valence-corrected chi connectivity index (χ0v) is 14.2. The normalized spacial score (nSPS) is 12.9. The molecule has 4 aromatic rings. The van der Waals surface area contributed by atoms with Gasteiger partial charge in [-0.2, -0.15) is 0 Å². The van der Waals surface area contributed by atoms with Crippen LogP contribution in [0.3, 0.4) is 0 Å².